The molecule has 0 aliphatic heterocycles. The minimum atomic E-state index is 1.24. The van der Waals surface area contributed by atoms with Crippen molar-refractivity contribution in [2.24, 2.45) is 0 Å². The molecule has 2 heteroatoms. The molecule has 0 aromatic rings. The van der Waals surface area contributed by atoms with E-state index in [9.17, 15) is 0 Å². The molecule has 0 spiro atoms. The van der Waals surface area contributed by atoms with Gasteiger partial charge in [0.2, 0.25) is 0 Å². The third kappa shape index (κ3) is 40.7. The molecule has 0 rings (SSSR count). The Morgan fingerprint density at radius 1 is 0.180 bits per heavy atom. The van der Waals surface area contributed by atoms with Gasteiger partial charge in [0, 0.05) is 0 Å². The molecular formula is C48H102N2+2. The molecule has 0 unspecified atom stereocenters. The van der Waals surface area contributed by atoms with Crippen LogP contribution in [-0.2, 0) is 0 Å². The minimum absolute atomic E-state index is 1.24. The number of nitrogens with zero attached hydrogens (tertiary/aromatic N) is 2. The van der Waals surface area contributed by atoms with Crippen LogP contribution in [0.3, 0.4) is 0 Å². The Balaban J connectivity index is 3.40. The summed E-state index contributed by atoms with van der Waals surface area (Å²) in [5.41, 5.74) is 0. The molecule has 0 aromatic heterocycles. The van der Waals surface area contributed by atoms with Gasteiger partial charge in [0.25, 0.3) is 0 Å². The van der Waals surface area contributed by atoms with Crippen LogP contribution in [0.2, 0.25) is 0 Å². The summed E-state index contributed by atoms with van der Waals surface area (Å²) in [5, 5.41) is 0. The van der Waals surface area contributed by atoms with E-state index < -0.39 is 0 Å². The normalized spacial score (nSPS) is 12.4. The maximum Gasteiger partial charge on any atom is 0.0782 e. The second-order valence-electron chi connectivity index (χ2n) is 18.5. The van der Waals surface area contributed by atoms with Gasteiger partial charge >= 0.3 is 0 Å². The van der Waals surface area contributed by atoms with Gasteiger partial charge in [-0.05, 0) is 51.4 Å². The van der Waals surface area contributed by atoms with Gasteiger partial charge in [-0.1, -0.05) is 206 Å². The zero-order valence-corrected chi connectivity index (χ0v) is 36.6. The first kappa shape index (κ1) is 49.9. The predicted octanol–water partition coefficient (Wildman–Crippen LogP) is 16.0. The van der Waals surface area contributed by atoms with Crippen molar-refractivity contribution in [3.05, 3.63) is 0 Å². The van der Waals surface area contributed by atoms with Gasteiger partial charge in [0.1, 0.15) is 0 Å². The highest BCUT2D eigenvalue weighted by Gasteiger charge is 2.14. The summed E-state index contributed by atoms with van der Waals surface area (Å²) in [6.07, 6.45) is 55.5. The molecule has 0 N–H and O–H groups in total. The van der Waals surface area contributed by atoms with Gasteiger partial charge < -0.3 is 8.97 Å². The highest BCUT2D eigenvalue weighted by molar-refractivity contribution is 4.53. The van der Waals surface area contributed by atoms with Crippen molar-refractivity contribution in [2.45, 2.75) is 258 Å². The first-order valence-electron chi connectivity index (χ1n) is 24.0. The van der Waals surface area contributed by atoms with Gasteiger partial charge in [-0.3, -0.25) is 0 Å². The van der Waals surface area contributed by atoms with Gasteiger partial charge in [0.05, 0.1) is 54.4 Å². The van der Waals surface area contributed by atoms with Crippen LogP contribution in [0, 0.1) is 0 Å². The van der Waals surface area contributed by atoms with Crippen LogP contribution in [0.5, 0.6) is 0 Å². The van der Waals surface area contributed by atoms with E-state index in [0.717, 1.165) is 0 Å². The number of hydrogen-bond acceptors (Lipinski definition) is 0. The summed E-state index contributed by atoms with van der Waals surface area (Å²) in [6.45, 7) is 10.2. The van der Waals surface area contributed by atoms with Crippen molar-refractivity contribution in [1.82, 2.24) is 0 Å². The Kier molecular flexibility index (Phi) is 38.6. The Hall–Kier alpha value is -0.0800. The molecule has 0 bridgehead atoms. The SMILES string of the molecule is CCCCCCCCCCCCCCCC[N+](C)(C)CCCCCCCCCCCC[N+](C)(C)CCCCCCCCCCCCCCCC. The monoisotopic (exact) mass is 707 g/mol. The smallest absolute Gasteiger partial charge is 0.0782 e. The van der Waals surface area contributed by atoms with Crippen LogP contribution in [0.4, 0.5) is 0 Å². The van der Waals surface area contributed by atoms with E-state index in [2.05, 4.69) is 42.0 Å². The van der Waals surface area contributed by atoms with E-state index in [1.165, 1.54) is 279 Å². The average Bonchev–Trinajstić information content (AvgIpc) is 3.09. The van der Waals surface area contributed by atoms with Crippen molar-refractivity contribution in [2.75, 3.05) is 54.4 Å². The lowest BCUT2D eigenvalue weighted by Crippen LogP contribution is -2.41. The number of unbranched alkanes of at least 4 members (excludes halogenated alkanes) is 35. The molecule has 0 amide bonds. The van der Waals surface area contributed by atoms with E-state index in [4.69, 9.17) is 0 Å². The fourth-order valence-corrected chi connectivity index (χ4v) is 8.19. The largest absolute Gasteiger partial charge is 0.328 e. The Morgan fingerprint density at radius 3 is 0.440 bits per heavy atom. The molecule has 0 aliphatic carbocycles. The van der Waals surface area contributed by atoms with Gasteiger partial charge in [-0.2, -0.15) is 0 Å². The molecule has 0 heterocycles. The van der Waals surface area contributed by atoms with Gasteiger partial charge in [-0.15, -0.1) is 0 Å². The van der Waals surface area contributed by atoms with Crippen molar-refractivity contribution >= 4 is 0 Å². The molecule has 302 valence electrons. The molecular weight excluding hydrogens is 605 g/mol. The quantitative estimate of drug-likeness (QED) is 0.0437. The summed E-state index contributed by atoms with van der Waals surface area (Å²) >= 11 is 0. The number of rotatable bonds is 43. The summed E-state index contributed by atoms with van der Waals surface area (Å²) in [5.74, 6) is 0. The summed E-state index contributed by atoms with van der Waals surface area (Å²) < 4.78 is 2.49. The van der Waals surface area contributed by atoms with E-state index in [-0.39, 0.29) is 0 Å². The lowest BCUT2D eigenvalue weighted by molar-refractivity contribution is -0.890. The van der Waals surface area contributed by atoms with Crippen LogP contribution in [0.25, 0.3) is 0 Å². The third-order valence-corrected chi connectivity index (χ3v) is 12.0. The maximum absolute atomic E-state index is 2.47. The Bertz CT molecular complexity index is 572. The standard InChI is InChI=1S/C48H102N2/c1-7-9-11-13-15-17-19-21-23-25-29-33-37-41-45-49(3,4)47-43-39-35-31-27-28-32-36-40-44-48-50(5,6)46-42-38-34-30-26-24-22-20-18-16-14-12-10-8-2/h7-48H2,1-6H3/q+2. The average molecular weight is 707 g/mol. The first-order valence-corrected chi connectivity index (χ1v) is 24.0. The van der Waals surface area contributed by atoms with Crippen molar-refractivity contribution in [3.8, 4) is 0 Å². The van der Waals surface area contributed by atoms with Gasteiger partial charge in [0.15, 0.2) is 0 Å². The zero-order chi connectivity index (χ0) is 36.7. The number of quaternary nitrogens is 2. The highest BCUT2D eigenvalue weighted by Crippen LogP contribution is 2.17. The highest BCUT2D eigenvalue weighted by atomic mass is 15.3. The first-order chi connectivity index (χ1) is 24.3. The van der Waals surface area contributed by atoms with Crippen LogP contribution in [-0.4, -0.2) is 63.3 Å². The second-order valence-corrected chi connectivity index (χ2v) is 18.5. The summed E-state index contributed by atoms with van der Waals surface area (Å²) in [6, 6.07) is 0. The van der Waals surface area contributed by atoms with Crippen LogP contribution in [0.15, 0.2) is 0 Å². The van der Waals surface area contributed by atoms with Crippen LogP contribution in [0.1, 0.15) is 258 Å². The summed E-state index contributed by atoms with van der Waals surface area (Å²) in [4.78, 5) is 0. The second kappa shape index (κ2) is 38.6. The molecule has 0 saturated heterocycles. The summed E-state index contributed by atoms with van der Waals surface area (Å²) in [7, 11) is 9.90. The molecule has 0 saturated carbocycles. The maximum atomic E-state index is 2.47. The van der Waals surface area contributed by atoms with Crippen LogP contribution < -0.4 is 0 Å². The van der Waals surface area contributed by atoms with Crippen molar-refractivity contribution in [3.63, 3.8) is 0 Å². The van der Waals surface area contributed by atoms with Gasteiger partial charge in [-0.25, -0.2) is 0 Å². The van der Waals surface area contributed by atoms with E-state index in [0.29, 0.717) is 0 Å². The number of hydrogen-bond donors (Lipinski definition) is 0. The molecule has 0 fully saturated rings. The Morgan fingerprint density at radius 2 is 0.300 bits per heavy atom. The van der Waals surface area contributed by atoms with E-state index in [1.807, 2.05) is 0 Å². The van der Waals surface area contributed by atoms with Crippen LogP contribution >= 0.6 is 0 Å². The molecule has 2 nitrogen and oxygen atoms in total. The lowest BCUT2D eigenvalue weighted by Gasteiger charge is -2.30. The molecule has 0 radical (unpaired) electrons. The molecule has 50 heavy (non-hydrogen) atoms. The molecule has 0 atom stereocenters. The fourth-order valence-electron chi connectivity index (χ4n) is 8.19. The zero-order valence-electron chi connectivity index (χ0n) is 36.6. The topological polar surface area (TPSA) is 0 Å². The fraction of sp³-hybridized carbons (Fsp3) is 1.00. The lowest BCUT2D eigenvalue weighted by atomic mass is 10.0. The van der Waals surface area contributed by atoms with E-state index in [1.54, 1.807) is 0 Å². The predicted molar refractivity (Wildman–Crippen MR) is 230 cm³/mol. The molecule has 0 aliphatic rings. The Labute approximate surface area is 320 Å². The van der Waals surface area contributed by atoms with E-state index >= 15 is 0 Å². The minimum Gasteiger partial charge on any atom is -0.328 e. The third-order valence-electron chi connectivity index (χ3n) is 12.0. The van der Waals surface area contributed by atoms with Crippen molar-refractivity contribution < 1.29 is 8.97 Å². The molecule has 0 aromatic carbocycles. The van der Waals surface area contributed by atoms with Crippen molar-refractivity contribution in [1.29, 1.82) is 0 Å².